The van der Waals surface area contributed by atoms with Gasteiger partial charge in [0.25, 0.3) is 5.91 Å². The number of nitrogens with zero attached hydrogens (tertiary/aromatic N) is 3. The van der Waals surface area contributed by atoms with Crippen LogP contribution in [0.1, 0.15) is 49.3 Å². The molecule has 1 fully saturated rings. The Kier molecular flexibility index (Phi) is 8.02. The second-order valence-corrected chi connectivity index (χ2v) is 8.28. The Hall–Kier alpha value is -2.15. The summed E-state index contributed by atoms with van der Waals surface area (Å²) in [5.74, 6) is -0.901. The summed E-state index contributed by atoms with van der Waals surface area (Å²) in [5, 5.41) is 32.0. The van der Waals surface area contributed by atoms with Gasteiger partial charge in [-0.15, -0.1) is 0 Å². The molecule has 4 atom stereocenters. The lowest BCUT2D eigenvalue weighted by Crippen LogP contribution is -2.50. The van der Waals surface area contributed by atoms with Crippen molar-refractivity contribution in [1.82, 2.24) is 25.7 Å². The quantitative estimate of drug-likeness (QED) is 0.489. The van der Waals surface area contributed by atoms with Crippen LogP contribution in [0.5, 0.6) is 0 Å². The number of hydrogen-bond donors (Lipinski definition) is 4. The standard InChI is InChI=1S/C19H29ClN6O3/c1-10(2)7-14(24-19(29)16-15(20)11(3)25-26(16)4)18(28)23-13(9-21)8-12-5-6-22-17(12)27/h10,12-14,17,22,27H,5-8H2,1-4H3,(H,23,28)(H,24,29)/t12-,13-,14-,17?/m0/s1. The third-order valence-corrected chi connectivity index (χ3v) is 5.47. The summed E-state index contributed by atoms with van der Waals surface area (Å²) in [5.41, 5.74) is 0.708. The highest BCUT2D eigenvalue weighted by Gasteiger charge is 2.31. The Morgan fingerprint density at radius 1 is 1.45 bits per heavy atom. The molecule has 0 spiro atoms. The van der Waals surface area contributed by atoms with Crippen molar-refractivity contribution < 1.29 is 14.7 Å². The average Bonchev–Trinajstić information content (AvgIpc) is 3.15. The number of amides is 2. The lowest BCUT2D eigenvalue weighted by Gasteiger charge is -2.23. The largest absolute Gasteiger partial charge is 0.378 e. The number of aliphatic hydroxyl groups excluding tert-OH is 1. The minimum absolute atomic E-state index is 0.102. The molecule has 0 bridgehead atoms. The van der Waals surface area contributed by atoms with Gasteiger partial charge in [-0.2, -0.15) is 10.4 Å². The Morgan fingerprint density at radius 2 is 2.14 bits per heavy atom. The Balaban J connectivity index is 2.08. The molecule has 1 unspecified atom stereocenters. The number of nitriles is 1. The van der Waals surface area contributed by atoms with E-state index in [9.17, 15) is 20.0 Å². The van der Waals surface area contributed by atoms with E-state index in [1.54, 1.807) is 14.0 Å². The van der Waals surface area contributed by atoms with Crippen molar-refractivity contribution >= 4 is 23.4 Å². The van der Waals surface area contributed by atoms with Crippen LogP contribution in [0.2, 0.25) is 5.02 Å². The Morgan fingerprint density at radius 3 is 2.62 bits per heavy atom. The molecule has 9 nitrogen and oxygen atoms in total. The van der Waals surface area contributed by atoms with Crippen LogP contribution in [-0.4, -0.2) is 51.6 Å². The first-order valence-corrected chi connectivity index (χ1v) is 10.1. The molecule has 1 aliphatic rings. The van der Waals surface area contributed by atoms with Crippen LogP contribution in [0, 0.1) is 30.1 Å². The van der Waals surface area contributed by atoms with Gasteiger partial charge in [0.2, 0.25) is 5.91 Å². The zero-order valence-corrected chi connectivity index (χ0v) is 18.0. The third kappa shape index (κ3) is 5.92. The fourth-order valence-electron chi connectivity index (χ4n) is 3.52. The Bertz CT molecular complexity index is 788. The summed E-state index contributed by atoms with van der Waals surface area (Å²) < 4.78 is 1.38. The third-order valence-electron chi connectivity index (χ3n) is 5.02. The number of aliphatic hydroxyl groups is 1. The van der Waals surface area contributed by atoms with Gasteiger partial charge in [-0.3, -0.25) is 19.6 Å². The summed E-state index contributed by atoms with van der Waals surface area (Å²) in [6.45, 7) is 6.25. The first kappa shape index (κ1) is 23.1. The summed E-state index contributed by atoms with van der Waals surface area (Å²) in [7, 11) is 1.61. The van der Waals surface area contributed by atoms with Crippen molar-refractivity contribution in [2.24, 2.45) is 18.9 Å². The molecule has 0 aliphatic carbocycles. The molecule has 1 aromatic rings. The molecule has 1 aliphatic heterocycles. The molecule has 29 heavy (non-hydrogen) atoms. The summed E-state index contributed by atoms with van der Waals surface area (Å²) in [6, 6.07) is 0.500. The van der Waals surface area contributed by atoms with Gasteiger partial charge < -0.3 is 15.7 Å². The highest BCUT2D eigenvalue weighted by molar-refractivity contribution is 6.34. The van der Waals surface area contributed by atoms with Crippen LogP contribution < -0.4 is 16.0 Å². The smallest absolute Gasteiger partial charge is 0.271 e. The molecule has 2 heterocycles. The van der Waals surface area contributed by atoms with E-state index in [1.807, 2.05) is 13.8 Å². The fourth-order valence-corrected chi connectivity index (χ4v) is 3.76. The number of nitrogens with one attached hydrogen (secondary N) is 3. The molecule has 0 saturated carbocycles. The fraction of sp³-hybridized carbons (Fsp3) is 0.684. The number of carbonyl (C=O) groups excluding carboxylic acids is 2. The van der Waals surface area contributed by atoms with Crippen molar-refractivity contribution in [3.8, 4) is 6.07 Å². The van der Waals surface area contributed by atoms with Gasteiger partial charge in [-0.25, -0.2) is 0 Å². The monoisotopic (exact) mass is 424 g/mol. The number of halogens is 1. The van der Waals surface area contributed by atoms with Crippen molar-refractivity contribution in [2.75, 3.05) is 6.54 Å². The van der Waals surface area contributed by atoms with E-state index in [2.05, 4.69) is 27.1 Å². The molecular weight excluding hydrogens is 396 g/mol. The van der Waals surface area contributed by atoms with E-state index in [0.717, 1.165) is 6.42 Å². The molecule has 2 amide bonds. The maximum atomic E-state index is 12.8. The molecule has 4 N–H and O–H groups in total. The SMILES string of the molecule is Cc1nn(C)c(C(=O)N[C@@H](CC(C)C)C(=O)N[C@H](C#N)C[C@@H]2CCNC2O)c1Cl. The van der Waals surface area contributed by atoms with Gasteiger partial charge in [0.05, 0.1) is 16.8 Å². The molecule has 1 saturated heterocycles. The van der Waals surface area contributed by atoms with Gasteiger partial charge in [0.1, 0.15) is 24.0 Å². The van der Waals surface area contributed by atoms with Crippen LogP contribution in [0.4, 0.5) is 0 Å². The molecule has 10 heteroatoms. The molecule has 1 aromatic heterocycles. The van der Waals surface area contributed by atoms with Crippen molar-refractivity contribution in [2.45, 2.75) is 58.3 Å². The first-order valence-electron chi connectivity index (χ1n) is 9.75. The molecule has 0 aromatic carbocycles. The van der Waals surface area contributed by atoms with E-state index in [-0.39, 0.29) is 22.6 Å². The van der Waals surface area contributed by atoms with Crippen molar-refractivity contribution in [3.63, 3.8) is 0 Å². The minimum Gasteiger partial charge on any atom is -0.378 e. The number of hydrogen-bond acceptors (Lipinski definition) is 6. The number of rotatable bonds is 8. The minimum atomic E-state index is -0.823. The number of aryl methyl sites for hydroxylation is 2. The first-order chi connectivity index (χ1) is 13.6. The molecule has 0 radical (unpaired) electrons. The van der Waals surface area contributed by atoms with Gasteiger partial charge in [-0.05, 0) is 38.6 Å². The predicted octanol–water partition coefficient (Wildman–Crippen LogP) is 0.853. The second-order valence-electron chi connectivity index (χ2n) is 7.90. The van der Waals surface area contributed by atoms with Gasteiger partial charge >= 0.3 is 0 Å². The van der Waals surface area contributed by atoms with Crippen LogP contribution in [0.3, 0.4) is 0 Å². The van der Waals surface area contributed by atoms with Crippen LogP contribution in [0.15, 0.2) is 0 Å². The van der Waals surface area contributed by atoms with Crippen LogP contribution in [0.25, 0.3) is 0 Å². The van der Waals surface area contributed by atoms with E-state index in [0.29, 0.717) is 25.1 Å². The van der Waals surface area contributed by atoms with E-state index in [1.165, 1.54) is 4.68 Å². The van der Waals surface area contributed by atoms with Crippen LogP contribution >= 0.6 is 11.6 Å². The maximum absolute atomic E-state index is 12.8. The molecular formula is C19H29ClN6O3. The summed E-state index contributed by atoms with van der Waals surface area (Å²) >= 11 is 6.18. The lowest BCUT2D eigenvalue weighted by atomic mass is 9.97. The lowest BCUT2D eigenvalue weighted by molar-refractivity contribution is -0.123. The summed E-state index contributed by atoms with van der Waals surface area (Å²) in [6.07, 6.45) is 0.798. The van der Waals surface area contributed by atoms with Crippen molar-refractivity contribution in [3.05, 3.63) is 16.4 Å². The highest BCUT2D eigenvalue weighted by atomic mass is 35.5. The maximum Gasteiger partial charge on any atom is 0.271 e. The summed E-state index contributed by atoms with van der Waals surface area (Å²) in [4.78, 5) is 25.6. The van der Waals surface area contributed by atoms with Gasteiger partial charge in [0, 0.05) is 13.0 Å². The normalized spacial score (nSPS) is 20.9. The number of carbonyl (C=O) groups is 2. The zero-order chi connectivity index (χ0) is 21.7. The molecule has 160 valence electrons. The molecule has 2 rings (SSSR count). The van der Waals surface area contributed by atoms with Crippen LogP contribution in [-0.2, 0) is 11.8 Å². The second kappa shape index (κ2) is 10.1. The zero-order valence-electron chi connectivity index (χ0n) is 17.2. The van der Waals surface area contributed by atoms with E-state index in [4.69, 9.17) is 11.6 Å². The van der Waals surface area contributed by atoms with Crippen molar-refractivity contribution in [1.29, 1.82) is 5.26 Å². The van der Waals surface area contributed by atoms with E-state index < -0.39 is 30.1 Å². The average molecular weight is 425 g/mol. The highest BCUT2D eigenvalue weighted by Crippen LogP contribution is 2.21. The Labute approximate surface area is 175 Å². The topological polar surface area (TPSA) is 132 Å². The van der Waals surface area contributed by atoms with Gasteiger partial charge in [0.15, 0.2) is 0 Å². The number of aromatic nitrogens is 2. The van der Waals surface area contributed by atoms with E-state index >= 15 is 0 Å². The predicted molar refractivity (Wildman–Crippen MR) is 108 cm³/mol. The van der Waals surface area contributed by atoms with Gasteiger partial charge in [-0.1, -0.05) is 25.4 Å².